The summed E-state index contributed by atoms with van der Waals surface area (Å²) in [6.45, 7) is 3.44. The van der Waals surface area contributed by atoms with Crippen LogP contribution in [0, 0.1) is 0 Å². The fraction of sp³-hybridized carbons (Fsp3) is 0.233. The fourth-order valence-corrected chi connectivity index (χ4v) is 3.85. The Hall–Kier alpha value is -5.03. The van der Waals surface area contributed by atoms with E-state index in [1.54, 1.807) is 30.3 Å². The largest absolute Gasteiger partial charge is 0.423 e. The van der Waals surface area contributed by atoms with Gasteiger partial charge in [0.1, 0.15) is 0 Å². The Morgan fingerprint density at radius 3 is 1.71 bits per heavy atom. The van der Waals surface area contributed by atoms with Crippen LogP contribution in [-0.4, -0.2) is 47.0 Å². The van der Waals surface area contributed by atoms with E-state index in [0.717, 1.165) is 44.0 Å². The molecular weight excluding hydrogens is 532 g/mol. The standard InChI is InChI=1S/C30H30N2O9/c1-18(33)39-25-15-23(16-26(40-19(2)34)28(25)41-20(3)35)29(37)32-24(14-21-10-6-4-7-11-21)27(36)30(38)31-17-22-12-8-5-9-13-22/h4-13,15-16,24,27,36H,14,17H2,1-3H3,(H,31,38)(H,32,37)/t24-,27?/m0/s1. The SMILES string of the molecule is CC(=O)Oc1cc(C(=O)N[C@@H](Cc2ccccc2)C(O)C(=O)NCc2ccccc2)cc(OC(C)=O)c1OC(C)=O. The van der Waals surface area contributed by atoms with E-state index in [2.05, 4.69) is 10.6 Å². The maximum atomic E-state index is 13.4. The number of ether oxygens (including phenoxy) is 3. The number of benzene rings is 3. The van der Waals surface area contributed by atoms with Crippen LogP contribution in [0.15, 0.2) is 72.8 Å². The lowest BCUT2D eigenvalue weighted by Gasteiger charge is -2.24. The second-order valence-corrected chi connectivity index (χ2v) is 9.00. The lowest BCUT2D eigenvalue weighted by Crippen LogP contribution is -2.51. The molecule has 0 aliphatic rings. The number of amides is 2. The monoisotopic (exact) mass is 562 g/mol. The Labute approximate surface area is 236 Å². The molecule has 0 spiro atoms. The highest BCUT2D eigenvalue weighted by atomic mass is 16.6. The first-order valence-electron chi connectivity index (χ1n) is 12.6. The summed E-state index contributed by atoms with van der Waals surface area (Å²) >= 11 is 0. The molecule has 0 saturated heterocycles. The summed E-state index contributed by atoms with van der Waals surface area (Å²) in [5.41, 5.74) is 1.39. The molecular formula is C30H30N2O9. The van der Waals surface area contributed by atoms with Crippen molar-refractivity contribution in [2.24, 2.45) is 0 Å². The number of carbonyl (C=O) groups excluding carboxylic acids is 5. The molecule has 3 rings (SSSR count). The van der Waals surface area contributed by atoms with Crippen LogP contribution in [0.3, 0.4) is 0 Å². The first kappa shape index (κ1) is 30.5. The van der Waals surface area contributed by atoms with Crippen LogP contribution in [0.4, 0.5) is 0 Å². The molecule has 0 radical (unpaired) electrons. The molecule has 3 N–H and O–H groups in total. The van der Waals surface area contributed by atoms with Gasteiger partial charge in [-0.2, -0.15) is 0 Å². The molecule has 11 nitrogen and oxygen atoms in total. The summed E-state index contributed by atoms with van der Waals surface area (Å²) < 4.78 is 15.3. The van der Waals surface area contributed by atoms with Crippen molar-refractivity contribution in [1.29, 1.82) is 0 Å². The summed E-state index contributed by atoms with van der Waals surface area (Å²) in [6, 6.07) is 19.2. The number of hydrogen-bond acceptors (Lipinski definition) is 9. The van der Waals surface area contributed by atoms with Gasteiger partial charge in [-0.3, -0.25) is 24.0 Å². The molecule has 0 bridgehead atoms. The Morgan fingerprint density at radius 1 is 0.732 bits per heavy atom. The molecule has 0 aromatic heterocycles. The van der Waals surface area contributed by atoms with Gasteiger partial charge in [0.05, 0.1) is 6.04 Å². The van der Waals surface area contributed by atoms with E-state index in [0.29, 0.717) is 0 Å². The van der Waals surface area contributed by atoms with Crippen molar-refractivity contribution in [2.75, 3.05) is 0 Å². The summed E-state index contributed by atoms with van der Waals surface area (Å²) in [4.78, 5) is 61.4. The van der Waals surface area contributed by atoms with E-state index < -0.39 is 41.9 Å². The van der Waals surface area contributed by atoms with Crippen LogP contribution in [-0.2, 0) is 32.1 Å². The number of rotatable bonds is 11. The van der Waals surface area contributed by atoms with E-state index >= 15 is 0 Å². The average molecular weight is 563 g/mol. The van der Waals surface area contributed by atoms with Gasteiger partial charge in [0, 0.05) is 32.9 Å². The third-order valence-corrected chi connectivity index (χ3v) is 5.61. The van der Waals surface area contributed by atoms with Crippen LogP contribution < -0.4 is 24.8 Å². The molecule has 41 heavy (non-hydrogen) atoms. The maximum Gasteiger partial charge on any atom is 0.308 e. The molecule has 0 saturated carbocycles. The number of aliphatic hydroxyl groups is 1. The third kappa shape index (κ3) is 9.29. The highest BCUT2D eigenvalue weighted by Gasteiger charge is 2.30. The van der Waals surface area contributed by atoms with Crippen LogP contribution in [0.25, 0.3) is 0 Å². The van der Waals surface area contributed by atoms with Gasteiger partial charge in [0.15, 0.2) is 17.6 Å². The molecule has 1 unspecified atom stereocenters. The number of hydrogen-bond donors (Lipinski definition) is 3. The van der Waals surface area contributed by atoms with Crippen molar-refractivity contribution in [2.45, 2.75) is 45.9 Å². The zero-order chi connectivity index (χ0) is 29.9. The van der Waals surface area contributed by atoms with Gasteiger partial charge < -0.3 is 30.0 Å². The van der Waals surface area contributed by atoms with Gasteiger partial charge in [-0.15, -0.1) is 0 Å². The molecule has 2 atom stereocenters. The quantitative estimate of drug-likeness (QED) is 0.236. The van der Waals surface area contributed by atoms with Crippen molar-refractivity contribution < 1.29 is 43.3 Å². The smallest absolute Gasteiger partial charge is 0.308 e. The number of carbonyl (C=O) groups is 5. The van der Waals surface area contributed by atoms with Gasteiger partial charge >= 0.3 is 17.9 Å². The fourth-order valence-electron chi connectivity index (χ4n) is 3.85. The minimum absolute atomic E-state index is 0.0889. The molecule has 3 aromatic carbocycles. The van der Waals surface area contributed by atoms with Crippen LogP contribution in [0.2, 0.25) is 0 Å². The van der Waals surface area contributed by atoms with E-state index in [4.69, 9.17) is 14.2 Å². The normalized spacial score (nSPS) is 11.9. The predicted octanol–water partition coefficient (Wildman–Crippen LogP) is 2.48. The molecule has 0 aliphatic carbocycles. The second kappa shape index (κ2) is 14.4. The first-order valence-corrected chi connectivity index (χ1v) is 12.6. The Bertz CT molecular complexity index is 1370. The van der Waals surface area contributed by atoms with Gasteiger partial charge in [-0.1, -0.05) is 60.7 Å². The van der Waals surface area contributed by atoms with E-state index in [-0.39, 0.29) is 35.8 Å². The van der Waals surface area contributed by atoms with Gasteiger partial charge in [-0.05, 0) is 29.7 Å². The first-order chi connectivity index (χ1) is 19.5. The zero-order valence-corrected chi connectivity index (χ0v) is 22.7. The molecule has 0 heterocycles. The number of aliphatic hydroxyl groups excluding tert-OH is 1. The van der Waals surface area contributed by atoms with Crippen LogP contribution in [0.5, 0.6) is 17.2 Å². The molecule has 0 aliphatic heterocycles. The van der Waals surface area contributed by atoms with Crippen molar-refractivity contribution >= 4 is 29.7 Å². The third-order valence-electron chi connectivity index (χ3n) is 5.61. The maximum absolute atomic E-state index is 13.4. The van der Waals surface area contributed by atoms with Crippen molar-refractivity contribution in [3.05, 3.63) is 89.5 Å². The topological polar surface area (TPSA) is 157 Å². The zero-order valence-electron chi connectivity index (χ0n) is 22.7. The minimum atomic E-state index is -1.65. The van der Waals surface area contributed by atoms with Crippen molar-refractivity contribution in [3.63, 3.8) is 0 Å². The van der Waals surface area contributed by atoms with Gasteiger partial charge in [-0.25, -0.2) is 0 Å². The van der Waals surface area contributed by atoms with Crippen LogP contribution >= 0.6 is 0 Å². The van der Waals surface area contributed by atoms with Gasteiger partial charge in [0.2, 0.25) is 5.75 Å². The predicted molar refractivity (Wildman–Crippen MR) is 146 cm³/mol. The van der Waals surface area contributed by atoms with Crippen molar-refractivity contribution in [3.8, 4) is 17.2 Å². The Kier molecular flexibility index (Phi) is 10.7. The summed E-state index contributed by atoms with van der Waals surface area (Å²) in [7, 11) is 0. The summed E-state index contributed by atoms with van der Waals surface area (Å²) in [6.07, 6.45) is -1.56. The highest BCUT2D eigenvalue weighted by Crippen LogP contribution is 2.39. The number of nitrogens with one attached hydrogen (secondary N) is 2. The Morgan fingerprint density at radius 2 is 1.22 bits per heavy atom. The average Bonchev–Trinajstić information content (AvgIpc) is 2.92. The molecule has 11 heteroatoms. The van der Waals surface area contributed by atoms with E-state index in [1.807, 2.05) is 30.3 Å². The van der Waals surface area contributed by atoms with E-state index in [1.165, 1.54) is 0 Å². The van der Waals surface area contributed by atoms with Crippen LogP contribution in [0.1, 0.15) is 42.3 Å². The minimum Gasteiger partial charge on any atom is -0.423 e. The lowest BCUT2D eigenvalue weighted by atomic mass is 9.99. The molecule has 3 aromatic rings. The molecule has 0 fully saturated rings. The summed E-state index contributed by atoms with van der Waals surface area (Å²) in [5, 5.41) is 16.3. The Balaban J connectivity index is 1.92. The van der Waals surface area contributed by atoms with E-state index in [9.17, 15) is 29.1 Å². The lowest BCUT2D eigenvalue weighted by molar-refractivity contribution is -0.135. The number of esters is 3. The highest BCUT2D eigenvalue weighted by molar-refractivity contribution is 5.97. The van der Waals surface area contributed by atoms with Gasteiger partial charge in [0.25, 0.3) is 11.8 Å². The molecule has 2 amide bonds. The second-order valence-electron chi connectivity index (χ2n) is 9.00. The molecule has 214 valence electrons. The summed E-state index contributed by atoms with van der Waals surface area (Å²) in [5.74, 6) is -4.96. The van der Waals surface area contributed by atoms with Crippen molar-refractivity contribution in [1.82, 2.24) is 10.6 Å².